The first kappa shape index (κ1) is 15.3. The molecular formula is C15H16BrClN2O. The number of ether oxygens (including phenoxy) is 1. The van der Waals surface area contributed by atoms with Crippen molar-refractivity contribution in [2.75, 3.05) is 6.61 Å². The maximum atomic E-state index is 6.02. The van der Waals surface area contributed by atoms with E-state index in [4.69, 9.17) is 22.2 Å². The highest BCUT2D eigenvalue weighted by atomic mass is 79.9. The summed E-state index contributed by atoms with van der Waals surface area (Å²) in [5.41, 5.74) is 4.89. The molecule has 2 aromatic carbocycles. The van der Waals surface area contributed by atoms with Crippen LogP contribution in [0.2, 0.25) is 5.02 Å². The first-order chi connectivity index (χ1) is 9.65. The summed E-state index contributed by atoms with van der Waals surface area (Å²) >= 11 is 9.45. The molecule has 20 heavy (non-hydrogen) atoms. The van der Waals surface area contributed by atoms with Gasteiger partial charge < -0.3 is 4.74 Å². The summed E-state index contributed by atoms with van der Waals surface area (Å²) < 4.78 is 6.37. The van der Waals surface area contributed by atoms with Crippen LogP contribution in [0.15, 0.2) is 46.9 Å². The molecule has 106 valence electrons. The molecule has 2 aromatic rings. The molecule has 3 N–H and O–H groups in total. The van der Waals surface area contributed by atoms with E-state index in [1.54, 1.807) is 0 Å². The summed E-state index contributed by atoms with van der Waals surface area (Å²) in [4.78, 5) is 0. The van der Waals surface area contributed by atoms with E-state index in [-0.39, 0.29) is 6.04 Å². The Morgan fingerprint density at radius 1 is 1.25 bits per heavy atom. The second-order valence-corrected chi connectivity index (χ2v) is 5.54. The molecule has 2 rings (SSSR count). The number of hydrazine groups is 1. The predicted octanol–water partition coefficient (Wildman–Crippen LogP) is 4.05. The first-order valence-electron chi connectivity index (χ1n) is 6.29. The smallest absolute Gasteiger partial charge is 0.119 e. The zero-order chi connectivity index (χ0) is 14.5. The number of hydrogen-bond acceptors (Lipinski definition) is 3. The highest BCUT2D eigenvalue weighted by molar-refractivity contribution is 9.10. The Labute approximate surface area is 132 Å². The molecule has 0 amide bonds. The van der Waals surface area contributed by atoms with Gasteiger partial charge in [-0.05, 0) is 58.2 Å². The van der Waals surface area contributed by atoms with Gasteiger partial charge >= 0.3 is 0 Å². The fourth-order valence-corrected chi connectivity index (χ4v) is 2.54. The van der Waals surface area contributed by atoms with Crippen molar-refractivity contribution in [3.63, 3.8) is 0 Å². The zero-order valence-electron chi connectivity index (χ0n) is 11.1. The summed E-state index contributed by atoms with van der Waals surface area (Å²) in [6.07, 6.45) is 0. The van der Waals surface area contributed by atoms with Crippen LogP contribution in [-0.2, 0) is 0 Å². The molecule has 0 aromatic heterocycles. The molecule has 0 radical (unpaired) electrons. The quantitative estimate of drug-likeness (QED) is 0.628. The van der Waals surface area contributed by atoms with Crippen LogP contribution < -0.4 is 16.0 Å². The maximum Gasteiger partial charge on any atom is 0.119 e. The number of rotatable bonds is 5. The van der Waals surface area contributed by atoms with Gasteiger partial charge in [-0.2, -0.15) is 0 Å². The minimum Gasteiger partial charge on any atom is -0.494 e. The Morgan fingerprint density at radius 3 is 2.65 bits per heavy atom. The number of nitrogens with two attached hydrogens (primary N) is 1. The fraction of sp³-hybridized carbons (Fsp3) is 0.200. The van der Waals surface area contributed by atoms with E-state index in [9.17, 15) is 0 Å². The minimum absolute atomic E-state index is 0.121. The first-order valence-corrected chi connectivity index (χ1v) is 7.46. The van der Waals surface area contributed by atoms with Crippen molar-refractivity contribution < 1.29 is 4.74 Å². The van der Waals surface area contributed by atoms with E-state index in [0.717, 1.165) is 21.3 Å². The third-order valence-corrected chi connectivity index (χ3v) is 4.16. The highest BCUT2D eigenvalue weighted by Gasteiger charge is 2.14. The molecule has 5 heteroatoms. The Bertz CT molecular complexity index is 592. The average molecular weight is 356 g/mol. The van der Waals surface area contributed by atoms with Crippen LogP contribution in [0.5, 0.6) is 5.75 Å². The van der Waals surface area contributed by atoms with Gasteiger partial charge in [0.2, 0.25) is 0 Å². The summed E-state index contributed by atoms with van der Waals surface area (Å²) in [6.45, 7) is 2.60. The summed E-state index contributed by atoms with van der Waals surface area (Å²) in [5.74, 6) is 6.54. The topological polar surface area (TPSA) is 47.3 Å². The summed E-state index contributed by atoms with van der Waals surface area (Å²) in [6, 6.07) is 13.5. The van der Waals surface area contributed by atoms with Gasteiger partial charge in [0.1, 0.15) is 5.75 Å². The molecule has 3 nitrogen and oxygen atoms in total. The van der Waals surface area contributed by atoms with E-state index in [2.05, 4.69) is 21.4 Å². The molecule has 0 bridgehead atoms. The lowest BCUT2D eigenvalue weighted by molar-refractivity contribution is 0.339. The zero-order valence-corrected chi connectivity index (χ0v) is 13.4. The van der Waals surface area contributed by atoms with Crippen molar-refractivity contribution in [2.24, 2.45) is 5.84 Å². The maximum absolute atomic E-state index is 6.02. The van der Waals surface area contributed by atoms with Crippen LogP contribution in [0.1, 0.15) is 24.1 Å². The molecule has 0 aliphatic heterocycles. The second-order valence-electron chi connectivity index (χ2n) is 4.28. The average Bonchev–Trinajstić information content (AvgIpc) is 2.44. The van der Waals surface area contributed by atoms with E-state index in [0.29, 0.717) is 11.6 Å². The van der Waals surface area contributed by atoms with E-state index in [1.807, 2.05) is 49.4 Å². The van der Waals surface area contributed by atoms with Gasteiger partial charge in [0, 0.05) is 4.47 Å². The fourth-order valence-electron chi connectivity index (χ4n) is 2.03. The molecule has 0 aliphatic carbocycles. The van der Waals surface area contributed by atoms with E-state index >= 15 is 0 Å². The van der Waals surface area contributed by atoms with Gasteiger partial charge in [-0.15, -0.1) is 0 Å². The van der Waals surface area contributed by atoms with Crippen LogP contribution in [-0.4, -0.2) is 6.61 Å². The van der Waals surface area contributed by atoms with E-state index in [1.165, 1.54) is 0 Å². The Morgan fingerprint density at radius 2 is 2.00 bits per heavy atom. The lowest BCUT2D eigenvalue weighted by Crippen LogP contribution is -2.28. The van der Waals surface area contributed by atoms with Gasteiger partial charge in [0.05, 0.1) is 17.7 Å². The molecule has 0 aliphatic rings. The number of halogens is 2. The molecular weight excluding hydrogens is 340 g/mol. The molecule has 0 fully saturated rings. The van der Waals surface area contributed by atoms with Gasteiger partial charge in [0.15, 0.2) is 0 Å². The highest BCUT2D eigenvalue weighted by Crippen LogP contribution is 2.30. The van der Waals surface area contributed by atoms with Crippen LogP contribution in [0, 0.1) is 0 Å². The van der Waals surface area contributed by atoms with Gasteiger partial charge in [-0.25, -0.2) is 5.43 Å². The molecule has 0 spiro atoms. The van der Waals surface area contributed by atoms with Crippen molar-refractivity contribution in [3.05, 3.63) is 63.1 Å². The van der Waals surface area contributed by atoms with Crippen LogP contribution in [0.3, 0.4) is 0 Å². The normalized spacial score (nSPS) is 12.2. The Kier molecular flexibility index (Phi) is 5.43. The van der Waals surface area contributed by atoms with Crippen molar-refractivity contribution in [3.8, 4) is 5.75 Å². The summed E-state index contributed by atoms with van der Waals surface area (Å²) in [5, 5.41) is 0.674. The molecule has 0 saturated carbocycles. The van der Waals surface area contributed by atoms with Crippen LogP contribution in [0.25, 0.3) is 0 Å². The lowest BCUT2D eigenvalue weighted by Gasteiger charge is -2.18. The lowest BCUT2D eigenvalue weighted by atomic mass is 9.99. The predicted molar refractivity (Wildman–Crippen MR) is 85.9 cm³/mol. The molecule has 0 saturated heterocycles. The SMILES string of the molecule is CCOc1cccc(C(NN)c2ccc(Cl)c(Br)c2)c1. The summed E-state index contributed by atoms with van der Waals surface area (Å²) in [7, 11) is 0. The largest absolute Gasteiger partial charge is 0.494 e. The number of nitrogens with one attached hydrogen (secondary N) is 1. The Hall–Kier alpha value is -1.07. The molecule has 0 heterocycles. The number of hydrogen-bond donors (Lipinski definition) is 2. The standard InChI is InChI=1S/C15H16BrClN2O/c1-2-20-12-5-3-4-10(8-12)15(19-18)11-6-7-14(17)13(16)9-11/h3-9,15,19H,2,18H2,1H3. The Balaban J connectivity index is 2.36. The van der Waals surface area contributed by atoms with Crippen LogP contribution in [0.4, 0.5) is 0 Å². The monoisotopic (exact) mass is 354 g/mol. The third-order valence-electron chi connectivity index (χ3n) is 2.95. The van der Waals surface area contributed by atoms with Gasteiger partial charge in [-0.3, -0.25) is 5.84 Å². The van der Waals surface area contributed by atoms with Crippen molar-refractivity contribution in [1.29, 1.82) is 0 Å². The van der Waals surface area contributed by atoms with Gasteiger partial charge in [0.25, 0.3) is 0 Å². The van der Waals surface area contributed by atoms with E-state index < -0.39 is 0 Å². The van der Waals surface area contributed by atoms with Crippen molar-refractivity contribution in [2.45, 2.75) is 13.0 Å². The van der Waals surface area contributed by atoms with Crippen molar-refractivity contribution in [1.82, 2.24) is 5.43 Å². The minimum atomic E-state index is -0.121. The third kappa shape index (κ3) is 3.52. The van der Waals surface area contributed by atoms with Crippen molar-refractivity contribution >= 4 is 27.5 Å². The molecule has 1 unspecified atom stereocenters. The number of benzene rings is 2. The van der Waals surface area contributed by atoms with Gasteiger partial charge in [-0.1, -0.05) is 29.8 Å². The molecule has 1 atom stereocenters. The van der Waals surface area contributed by atoms with Crippen LogP contribution >= 0.6 is 27.5 Å². The second kappa shape index (κ2) is 7.09.